The van der Waals surface area contributed by atoms with E-state index in [1.807, 2.05) is 24.3 Å². The number of benzene rings is 1. The molecule has 3 heterocycles. The van der Waals surface area contributed by atoms with E-state index in [1.165, 1.54) is 11.3 Å². The maximum atomic E-state index is 12.9. The van der Waals surface area contributed by atoms with Crippen LogP contribution in [0.2, 0.25) is 0 Å². The molecule has 0 radical (unpaired) electrons. The van der Waals surface area contributed by atoms with E-state index >= 15 is 0 Å². The lowest BCUT2D eigenvalue weighted by atomic mass is 10.1. The van der Waals surface area contributed by atoms with Crippen LogP contribution in [0.1, 0.15) is 26.2 Å². The lowest BCUT2D eigenvalue weighted by Gasteiger charge is -2.33. The second-order valence-corrected chi connectivity index (χ2v) is 7.93. The SMILES string of the molecule is CC1Oc2ccccc2N(CCC(=O)N2CCCC2C(=O)Nc2nccs2)C1=O. The molecule has 1 aromatic heterocycles. The first-order chi connectivity index (χ1) is 14.0. The molecule has 2 aliphatic rings. The van der Waals surface area contributed by atoms with Crippen LogP contribution in [0.5, 0.6) is 5.75 Å². The predicted octanol–water partition coefficient (Wildman–Crippen LogP) is 2.28. The molecule has 1 fully saturated rings. The highest BCUT2D eigenvalue weighted by molar-refractivity contribution is 7.13. The summed E-state index contributed by atoms with van der Waals surface area (Å²) in [5, 5.41) is 5.08. The Kier molecular flexibility index (Phi) is 5.48. The number of aromatic nitrogens is 1. The summed E-state index contributed by atoms with van der Waals surface area (Å²) in [5.41, 5.74) is 0.669. The largest absolute Gasteiger partial charge is 0.479 e. The highest BCUT2D eigenvalue weighted by Gasteiger charge is 2.36. The van der Waals surface area contributed by atoms with Gasteiger partial charge in [-0.15, -0.1) is 11.3 Å². The van der Waals surface area contributed by atoms with Crippen LogP contribution in [-0.4, -0.2) is 52.8 Å². The standard InChI is InChI=1S/C20H22N4O4S/c1-13-19(27)24(14-5-2-3-7-16(14)28-13)11-8-17(25)23-10-4-6-15(23)18(26)22-20-21-9-12-29-20/h2-3,5,7,9,12-13,15H,4,6,8,10-11H2,1H3,(H,21,22,26). The molecule has 0 saturated carbocycles. The molecule has 1 aromatic carbocycles. The second-order valence-electron chi connectivity index (χ2n) is 7.04. The van der Waals surface area contributed by atoms with Gasteiger partial charge in [0.15, 0.2) is 11.2 Å². The molecule has 0 bridgehead atoms. The number of rotatable bonds is 5. The first-order valence-electron chi connectivity index (χ1n) is 9.61. The lowest BCUT2D eigenvalue weighted by molar-refractivity contribution is -0.136. The van der Waals surface area contributed by atoms with Crippen molar-refractivity contribution in [1.29, 1.82) is 0 Å². The Bertz CT molecular complexity index is 917. The molecule has 4 rings (SSSR count). The highest BCUT2D eigenvalue weighted by atomic mass is 32.1. The molecular weight excluding hydrogens is 392 g/mol. The van der Waals surface area contributed by atoms with Gasteiger partial charge in [-0.2, -0.15) is 0 Å². The van der Waals surface area contributed by atoms with Crippen molar-refractivity contribution in [3.63, 3.8) is 0 Å². The summed E-state index contributed by atoms with van der Waals surface area (Å²) in [4.78, 5) is 45.3. The molecule has 2 unspecified atom stereocenters. The lowest BCUT2D eigenvalue weighted by Crippen LogP contribution is -2.47. The average Bonchev–Trinajstić information content (AvgIpc) is 3.40. The number of thiazole rings is 1. The molecule has 8 nitrogen and oxygen atoms in total. The summed E-state index contributed by atoms with van der Waals surface area (Å²) in [6.07, 6.45) is 2.57. The Labute approximate surface area is 172 Å². The smallest absolute Gasteiger partial charge is 0.267 e. The zero-order valence-corrected chi connectivity index (χ0v) is 16.9. The Morgan fingerprint density at radius 3 is 2.97 bits per heavy atom. The van der Waals surface area contributed by atoms with E-state index in [0.29, 0.717) is 29.5 Å². The number of hydrogen-bond donors (Lipinski definition) is 1. The summed E-state index contributed by atoms with van der Waals surface area (Å²) in [5.74, 6) is 0.114. The molecule has 0 aliphatic carbocycles. The third-order valence-corrected chi connectivity index (χ3v) is 5.85. The number of fused-ring (bicyclic) bond motifs is 1. The molecule has 1 saturated heterocycles. The summed E-state index contributed by atoms with van der Waals surface area (Å²) in [6.45, 7) is 2.49. The van der Waals surface area contributed by atoms with Gasteiger partial charge in [0.2, 0.25) is 11.8 Å². The highest BCUT2D eigenvalue weighted by Crippen LogP contribution is 2.33. The van der Waals surface area contributed by atoms with Crippen LogP contribution in [0.4, 0.5) is 10.8 Å². The Morgan fingerprint density at radius 1 is 1.34 bits per heavy atom. The first-order valence-corrected chi connectivity index (χ1v) is 10.5. The third kappa shape index (κ3) is 3.95. The van der Waals surface area contributed by atoms with Crippen LogP contribution in [0.25, 0.3) is 0 Å². The van der Waals surface area contributed by atoms with Crippen molar-refractivity contribution in [2.45, 2.75) is 38.3 Å². The fourth-order valence-corrected chi connectivity index (χ4v) is 4.28. The number of nitrogens with one attached hydrogen (secondary N) is 1. The molecule has 3 amide bonds. The molecule has 2 aliphatic heterocycles. The summed E-state index contributed by atoms with van der Waals surface area (Å²) in [6, 6.07) is 6.80. The van der Waals surface area contributed by atoms with Gasteiger partial charge in [-0.1, -0.05) is 12.1 Å². The van der Waals surface area contributed by atoms with Gasteiger partial charge in [-0.3, -0.25) is 14.4 Å². The van der Waals surface area contributed by atoms with Gasteiger partial charge in [-0.05, 0) is 31.9 Å². The van der Waals surface area contributed by atoms with E-state index in [0.717, 1.165) is 6.42 Å². The maximum Gasteiger partial charge on any atom is 0.267 e. The number of likely N-dealkylation sites (tertiary alicyclic amines) is 1. The number of carbonyl (C=O) groups excluding carboxylic acids is 3. The molecular formula is C20H22N4O4S. The van der Waals surface area contributed by atoms with Crippen molar-refractivity contribution in [3.8, 4) is 5.75 Å². The number of hydrogen-bond acceptors (Lipinski definition) is 6. The average molecular weight is 414 g/mol. The van der Waals surface area contributed by atoms with Crippen molar-refractivity contribution in [1.82, 2.24) is 9.88 Å². The maximum absolute atomic E-state index is 12.9. The number of nitrogens with zero attached hydrogens (tertiary/aromatic N) is 3. The van der Waals surface area contributed by atoms with Crippen molar-refractivity contribution in [3.05, 3.63) is 35.8 Å². The predicted molar refractivity (Wildman–Crippen MR) is 109 cm³/mol. The van der Waals surface area contributed by atoms with Crippen LogP contribution >= 0.6 is 11.3 Å². The van der Waals surface area contributed by atoms with E-state index in [1.54, 1.807) is 28.3 Å². The van der Waals surface area contributed by atoms with Gasteiger partial charge in [0, 0.05) is 31.1 Å². The van der Waals surface area contributed by atoms with Gasteiger partial charge >= 0.3 is 0 Å². The molecule has 29 heavy (non-hydrogen) atoms. The van der Waals surface area contributed by atoms with Gasteiger partial charge in [0.1, 0.15) is 11.8 Å². The van der Waals surface area contributed by atoms with Crippen LogP contribution in [-0.2, 0) is 14.4 Å². The quantitative estimate of drug-likeness (QED) is 0.810. The van der Waals surface area contributed by atoms with Crippen molar-refractivity contribution >= 4 is 39.9 Å². The van der Waals surface area contributed by atoms with Crippen LogP contribution in [0, 0.1) is 0 Å². The molecule has 9 heteroatoms. The fraction of sp³-hybridized carbons (Fsp3) is 0.400. The minimum atomic E-state index is -0.594. The van der Waals surface area contributed by atoms with E-state index in [-0.39, 0.29) is 30.7 Å². The topological polar surface area (TPSA) is 91.8 Å². The van der Waals surface area contributed by atoms with Crippen LogP contribution in [0.15, 0.2) is 35.8 Å². The second kappa shape index (κ2) is 8.20. The van der Waals surface area contributed by atoms with Crippen LogP contribution < -0.4 is 15.0 Å². The Hall–Kier alpha value is -2.94. The van der Waals surface area contributed by atoms with Crippen LogP contribution in [0.3, 0.4) is 0 Å². The molecule has 0 spiro atoms. The number of anilines is 2. The fourth-order valence-electron chi connectivity index (χ4n) is 3.75. The van der Waals surface area contributed by atoms with E-state index in [4.69, 9.17) is 4.74 Å². The van der Waals surface area contributed by atoms with Gasteiger partial charge in [0.05, 0.1) is 5.69 Å². The zero-order chi connectivity index (χ0) is 20.4. The molecule has 2 atom stereocenters. The summed E-state index contributed by atoms with van der Waals surface area (Å²) >= 11 is 1.34. The first kappa shape index (κ1) is 19.4. The molecule has 152 valence electrons. The minimum absolute atomic E-state index is 0.133. The number of ether oxygens (including phenoxy) is 1. The van der Waals surface area contributed by atoms with Gasteiger partial charge in [-0.25, -0.2) is 4.98 Å². The molecule has 2 aromatic rings. The van der Waals surface area contributed by atoms with Crippen molar-refractivity contribution in [2.24, 2.45) is 0 Å². The van der Waals surface area contributed by atoms with E-state index in [2.05, 4.69) is 10.3 Å². The zero-order valence-electron chi connectivity index (χ0n) is 16.0. The Morgan fingerprint density at radius 2 is 2.17 bits per heavy atom. The number of para-hydroxylation sites is 2. The summed E-state index contributed by atoms with van der Waals surface area (Å²) < 4.78 is 5.63. The number of amides is 3. The van der Waals surface area contributed by atoms with Crippen molar-refractivity contribution < 1.29 is 19.1 Å². The molecule has 1 N–H and O–H groups in total. The Balaban J connectivity index is 1.41. The normalized spacial score (nSPS) is 20.9. The monoisotopic (exact) mass is 414 g/mol. The third-order valence-electron chi connectivity index (χ3n) is 5.16. The van der Waals surface area contributed by atoms with Gasteiger partial charge < -0.3 is 19.9 Å². The van der Waals surface area contributed by atoms with Crippen molar-refractivity contribution in [2.75, 3.05) is 23.3 Å². The van der Waals surface area contributed by atoms with E-state index < -0.39 is 12.1 Å². The minimum Gasteiger partial charge on any atom is -0.479 e. The van der Waals surface area contributed by atoms with E-state index in [9.17, 15) is 14.4 Å². The van der Waals surface area contributed by atoms with Gasteiger partial charge in [0.25, 0.3) is 5.91 Å². The summed E-state index contributed by atoms with van der Waals surface area (Å²) in [7, 11) is 0. The number of carbonyl (C=O) groups is 3.